The Morgan fingerprint density at radius 2 is 1.18 bits per heavy atom. The Morgan fingerprint density at radius 1 is 0.643 bits per heavy atom. The maximum atomic E-state index is 11.6. The van der Waals surface area contributed by atoms with Crippen LogP contribution in [0.5, 0.6) is 11.5 Å². The summed E-state index contributed by atoms with van der Waals surface area (Å²) >= 11 is 0. The number of carbonyl (C=O) groups excluding carboxylic acids is 9. The van der Waals surface area contributed by atoms with Gasteiger partial charge in [-0.25, -0.2) is 5.71 Å². The zero-order chi connectivity index (χ0) is 79.4. The first-order valence-corrected chi connectivity index (χ1v) is 35.5. The van der Waals surface area contributed by atoms with Crippen LogP contribution >= 0.6 is 0 Å². The second-order valence-electron chi connectivity index (χ2n) is 22.6. The van der Waals surface area contributed by atoms with Crippen LogP contribution in [0.2, 0.25) is 0 Å². The van der Waals surface area contributed by atoms with Gasteiger partial charge in [0, 0.05) is 453 Å². The Bertz CT molecular complexity index is 3310. The molecule has 6 heterocycles. The minimum Gasteiger partial charge on any atom is -0.811 e. The van der Waals surface area contributed by atoms with Crippen molar-refractivity contribution in [3.63, 3.8) is 0 Å². The molecule has 8 unspecified atom stereocenters. The number of fused-ring (bicyclic) bond motifs is 6. The van der Waals surface area contributed by atoms with Gasteiger partial charge in [0.05, 0.1) is 54.4 Å². The molecule has 3 N–H and O–H groups in total. The molecule has 2 aromatic carbocycles. The number of amides is 9. The van der Waals surface area contributed by atoms with Gasteiger partial charge in [-0.15, -0.1) is 41.0 Å². The van der Waals surface area contributed by atoms with Crippen LogP contribution in [0.15, 0.2) is 101 Å². The summed E-state index contributed by atoms with van der Waals surface area (Å²) in [5.41, 5.74) is 7.51. The number of aliphatic imine (C=N–C) groups is 2. The quantitative estimate of drug-likeness (QED) is 0.0173. The molecule has 4 fully saturated rings. The van der Waals surface area contributed by atoms with Gasteiger partial charge in [-0.3, -0.25) is 20.1 Å². The van der Waals surface area contributed by atoms with Crippen LogP contribution in [-0.2, 0) is 461 Å². The number of benzene rings is 2. The standard InChI is InChI=1S/C11H13NO2.C10H13NO2.2C8H9O.C6H11N3.C6H9NO2.C5H8N3.C4H6N3.C4H7N2O2.2C4H8N.C3H6NO.C3H6N.12CH3.12Y/c1-2-11-4-3-6(5-11)7-8(11)10(14)12-9(7)13;1-2-6-4-3-5-7-8(6)10(13)11-9(7)12;2*1-2-9-8-6-4-3-5-7-8;1-3-6-5-9(4-2)8-7-6;1-2-4-3-5(8)7-6(4)9;1-3-5-4-6-7-8(5)2;1-2-4-3-5-7-6-4;1-2-4(8)6-5-3-7;1-3-5-4-2;1-3-4(2)5;1-2-4-3-5;1-3-4-2;;;;;;;;;;;;;;;;;;;;;;;;/h3-4,6-8H,2,5H2,1H3,(H,12,13,14);3-4,6-8H,2,5H2,1H3,(H,11,12,13);4-7H,2H2,1H3;3-4,6-7H,2H2,1H3;5H,3-4H2,1-2H3;4H,2-3H2,1H3,(H,7,8,9);4H,2-3H2,1H3;3H,2H2,1H3;2H2,1H3,(H,5,7)(H,6,8);2*3H2,1-2H3;2H2,1H3,(H,4,5);2H,3H2,1H3;12*1H3;;;;;;;;;;;;/q;;2*-1;;;19*-1;;;;;;;;;;;;/p-3. The van der Waals surface area contributed by atoms with Crippen molar-refractivity contribution >= 4 is 72.8 Å². The number of allylic oxidation sites excluding steroid dienone is 4. The molecule has 129 heavy (non-hydrogen) atoms. The summed E-state index contributed by atoms with van der Waals surface area (Å²) in [6.07, 6.45) is 27.7. The molecule has 41 heteroatoms. The average molecular weight is 2700 g/mol. The van der Waals surface area contributed by atoms with Gasteiger partial charge >= 0.3 is 0 Å². The van der Waals surface area contributed by atoms with E-state index in [9.17, 15) is 38.4 Å². The van der Waals surface area contributed by atoms with Crippen LogP contribution in [0, 0.1) is 155 Å². The molecule has 2 bridgehead atoms. The fourth-order valence-corrected chi connectivity index (χ4v) is 9.79. The van der Waals surface area contributed by atoms with Crippen molar-refractivity contribution in [3.05, 3.63) is 238 Å². The van der Waals surface area contributed by atoms with Crippen LogP contribution in [0.3, 0.4) is 0 Å². The molecule has 5 aromatic rings. The van der Waals surface area contributed by atoms with E-state index in [-0.39, 0.29) is 570 Å². The first kappa shape index (κ1) is 202. The third-order valence-corrected chi connectivity index (χ3v) is 15.6. The van der Waals surface area contributed by atoms with E-state index in [1.54, 1.807) is 33.2 Å². The number of carbonyl (C=O) groups is 7. The molecule has 11 rings (SSSR count). The molecular weight excluding hydrogens is 2550 g/mol. The number of hydrogen-bond donors (Lipinski definition) is 3. The number of hydrazine groups is 1. The predicted molar refractivity (Wildman–Crippen MR) is 483 cm³/mol. The van der Waals surface area contributed by atoms with E-state index in [0.29, 0.717) is 31.5 Å². The first-order valence-electron chi connectivity index (χ1n) is 35.5. The molecule has 714 valence electrons. The first-order chi connectivity index (χ1) is 50.5. The molecule has 3 aliphatic carbocycles. The zero-order valence-corrected chi connectivity index (χ0v) is 117. The van der Waals surface area contributed by atoms with Gasteiger partial charge in [0.1, 0.15) is 0 Å². The zero-order valence-electron chi connectivity index (χ0n) is 83.1. The second kappa shape index (κ2) is 133. The summed E-state index contributed by atoms with van der Waals surface area (Å²) in [5.74, 6) is 0.162. The van der Waals surface area contributed by atoms with E-state index in [0.717, 1.165) is 113 Å². The van der Waals surface area contributed by atoms with E-state index in [4.69, 9.17) is 19.7 Å². The van der Waals surface area contributed by atoms with Gasteiger partial charge in [-0.2, -0.15) is 61.9 Å². The van der Waals surface area contributed by atoms with Gasteiger partial charge in [-0.05, 0) is 129 Å². The fraction of sp³-hybridized carbons (Fsp3) is 0.466. The van der Waals surface area contributed by atoms with Crippen LogP contribution < -0.4 is 30.7 Å². The number of nitrogens with zero attached hydrogens (tertiary/aromatic N) is 15. The van der Waals surface area contributed by atoms with E-state index < -0.39 is 0 Å². The number of imide groups is 3. The number of aryl methyl sites for hydroxylation is 4. The molecule has 9 amide bonds. The molecule has 3 aliphatic heterocycles. The molecule has 12 radical (unpaired) electrons. The number of aromatic nitrogens is 9. The van der Waals surface area contributed by atoms with Crippen molar-refractivity contribution in [2.75, 3.05) is 32.8 Å². The van der Waals surface area contributed by atoms with Gasteiger partial charge < -0.3 is 207 Å². The average Bonchev–Trinajstić information content (AvgIpc) is 1.55. The fourth-order valence-electron chi connectivity index (χ4n) is 9.79. The largest absolute Gasteiger partial charge is 0.811 e. The van der Waals surface area contributed by atoms with Crippen molar-refractivity contribution < 1.29 is 445 Å². The van der Waals surface area contributed by atoms with Crippen LogP contribution in [0.1, 0.15) is 179 Å². The van der Waals surface area contributed by atoms with E-state index in [1.165, 1.54) is 17.5 Å². The summed E-state index contributed by atoms with van der Waals surface area (Å²) in [5, 5.41) is 46.6. The number of rotatable bonds is 19. The molecule has 29 nitrogen and oxygen atoms in total. The van der Waals surface area contributed by atoms with Crippen LogP contribution in [0.4, 0.5) is 0 Å². The smallest absolute Gasteiger partial charge is 0.235 e. The van der Waals surface area contributed by atoms with Gasteiger partial charge in [-0.1, -0.05) is 129 Å². The Hall–Kier alpha value is 2.90. The van der Waals surface area contributed by atoms with Crippen LogP contribution in [-0.4, -0.2) is 146 Å². The van der Waals surface area contributed by atoms with E-state index >= 15 is 0 Å². The molecular formula is C88H146N18O11Y12-24. The Balaban J connectivity index is -0.0000000370. The van der Waals surface area contributed by atoms with Crippen molar-refractivity contribution in [1.29, 1.82) is 0 Å². The van der Waals surface area contributed by atoms with Crippen molar-refractivity contribution in [2.24, 2.45) is 56.8 Å². The van der Waals surface area contributed by atoms with Gasteiger partial charge in [0.25, 0.3) is 0 Å². The van der Waals surface area contributed by atoms with E-state index in [2.05, 4.69) is 131 Å². The van der Waals surface area contributed by atoms with Crippen molar-refractivity contribution in [3.8, 4) is 11.5 Å². The summed E-state index contributed by atoms with van der Waals surface area (Å²) in [6.45, 7) is 40.2. The van der Waals surface area contributed by atoms with E-state index in [1.807, 2.05) is 153 Å². The number of ether oxygens (including phenoxy) is 2. The molecule has 0 spiro atoms. The number of nitrogens with one attached hydrogen (secondary N) is 3. The van der Waals surface area contributed by atoms with Crippen LogP contribution in [0.25, 0.3) is 21.4 Å². The summed E-state index contributed by atoms with van der Waals surface area (Å²) in [7, 11) is 3.59. The normalized spacial score (nSPS) is 15.6. The molecule has 3 aromatic heterocycles. The summed E-state index contributed by atoms with van der Waals surface area (Å²) in [4.78, 5) is 103. The monoisotopic (exact) mass is 2700 g/mol. The minimum absolute atomic E-state index is 0. The Labute approximate surface area is 1090 Å². The minimum atomic E-state index is -0.258. The third kappa shape index (κ3) is 91.8. The van der Waals surface area contributed by atoms with Crippen molar-refractivity contribution in [2.45, 2.75) is 188 Å². The number of hydrogen-bond acceptors (Lipinski definition) is 19. The molecule has 1 saturated carbocycles. The predicted octanol–water partition coefficient (Wildman–Crippen LogP) is 16.3. The van der Waals surface area contributed by atoms with Gasteiger partial charge in [0.2, 0.25) is 5.91 Å². The van der Waals surface area contributed by atoms with Gasteiger partial charge in [0.15, 0.2) is 0 Å². The topological polar surface area (TPSA) is 399 Å². The Morgan fingerprint density at radius 3 is 1.50 bits per heavy atom. The molecule has 6 aliphatic rings. The Kier molecular flexibility index (Phi) is 208. The van der Waals surface area contributed by atoms with Crippen molar-refractivity contribution in [1.82, 2.24) is 61.6 Å². The summed E-state index contributed by atoms with van der Waals surface area (Å²) < 4.78 is 13.7. The third-order valence-electron chi connectivity index (χ3n) is 15.6. The molecule has 8 atom stereocenters. The maximum Gasteiger partial charge on any atom is 0.235 e. The SMILES string of the molecule is CCC(=O)NN[C-]=O.CCC(C)=[N-].CCC12C=CC(C1)C1C(=O)[N-]C(=O)C12.CCC1C=CCC2C(=O)[N-]C(=O)C12.CCC1CC(=O)[N-]C1=O.CCN[C-]=O.CCOc1c[c-]ccc1.CCOc1cc[c-]cc1.CCc1cn(CC)nn1.CCc1cnn[n-]1.C[C-]=NCC.[CH-]=NCC.[CH2-]n1nncc1CC.[CH3-].[CH3-].[CH3-].[CH3-].[CH3-].[CH3-].[CH3-].[CH3-].[CH3-].[CH3-].[CH3-].[CH3-].[Y].[Y].[Y].[Y].[Y].[Y].[Y].[Y].[Y].[Y].[Y].[Y]. The summed E-state index contributed by atoms with van der Waals surface area (Å²) in [6, 6.07) is 20.8. The molecule has 3 saturated heterocycles. The maximum absolute atomic E-state index is 11.6. The second-order valence-corrected chi connectivity index (χ2v) is 22.6.